The van der Waals surface area contributed by atoms with E-state index in [1.54, 1.807) is 23.4 Å². The molecule has 0 unspecified atom stereocenters. The molecule has 1 N–H and O–H groups in total. The van der Waals surface area contributed by atoms with Crippen LogP contribution < -0.4 is 15.2 Å². The first-order valence-electron chi connectivity index (χ1n) is 9.13. The molecule has 2 aliphatic heterocycles. The van der Waals surface area contributed by atoms with Crippen LogP contribution in [0.15, 0.2) is 41.4 Å². The van der Waals surface area contributed by atoms with E-state index in [2.05, 4.69) is 15.3 Å². The van der Waals surface area contributed by atoms with Gasteiger partial charge in [-0.05, 0) is 36.4 Å². The fraction of sp³-hybridized carbons (Fsp3) is 0.316. The van der Waals surface area contributed by atoms with Crippen molar-refractivity contribution in [2.24, 2.45) is 4.99 Å². The molecule has 1 fully saturated rings. The summed E-state index contributed by atoms with van der Waals surface area (Å²) in [5.41, 5.74) is 1.78. The molecule has 0 spiro atoms. The highest BCUT2D eigenvalue weighted by Crippen LogP contribution is 2.26. The second-order valence-corrected chi connectivity index (χ2v) is 8.38. The lowest BCUT2D eigenvalue weighted by Gasteiger charge is -2.34. The maximum absolute atomic E-state index is 12.3. The lowest BCUT2D eigenvalue weighted by Crippen LogP contribution is -2.43. The van der Waals surface area contributed by atoms with Gasteiger partial charge in [-0.25, -0.2) is 4.79 Å². The van der Waals surface area contributed by atoms with E-state index in [4.69, 9.17) is 16.3 Å². The maximum Gasteiger partial charge on any atom is 0.414 e. The molecule has 0 saturated carbocycles. The Morgan fingerprint density at radius 3 is 2.72 bits per heavy atom. The van der Waals surface area contributed by atoms with Gasteiger partial charge in [-0.2, -0.15) is 0 Å². The molecule has 152 valence electrons. The van der Waals surface area contributed by atoms with E-state index in [-0.39, 0.29) is 12.5 Å². The average Bonchev–Trinajstić information content (AvgIpc) is 3.32. The van der Waals surface area contributed by atoms with Crippen LogP contribution in [0.25, 0.3) is 0 Å². The standard InChI is InChI=1S/C19H20ClN5O3S/c1-23-12-21-8-9-25(23)14-4-2-13(3-5-14)24-11-15(28-19(24)27)10-22-18(26)16-6-7-17(20)29-16/h2-7,12,15H,8-11H2,1H3,(H,22,26)/t15-/m0/s1. The fourth-order valence-electron chi connectivity index (χ4n) is 3.23. The minimum absolute atomic E-state index is 0.227. The van der Waals surface area contributed by atoms with E-state index in [1.807, 2.05) is 36.3 Å². The Bertz CT molecular complexity index is 932. The van der Waals surface area contributed by atoms with Crippen molar-refractivity contribution in [2.45, 2.75) is 6.10 Å². The summed E-state index contributed by atoms with van der Waals surface area (Å²) < 4.78 is 5.95. The number of hydrazine groups is 1. The molecule has 3 heterocycles. The molecular weight excluding hydrogens is 414 g/mol. The minimum atomic E-state index is -0.418. The third kappa shape index (κ3) is 4.30. The number of thiophene rings is 1. The van der Waals surface area contributed by atoms with Crippen LogP contribution in [0.5, 0.6) is 0 Å². The van der Waals surface area contributed by atoms with Gasteiger partial charge in [0.25, 0.3) is 5.91 Å². The highest BCUT2D eigenvalue weighted by atomic mass is 35.5. The summed E-state index contributed by atoms with van der Waals surface area (Å²) in [6, 6.07) is 11.1. The van der Waals surface area contributed by atoms with Crippen molar-refractivity contribution in [3.63, 3.8) is 0 Å². The zero-order valence-corrected chi connectivity index (χ0v) is 17.3. The van der Waals surface area contributed by atoms with E-state index in [9.17, 15) is 9.59 Å². The Morgan fingerprint density at radius 1 is 1.28 bits per heavy atom. The van der Waals surface area contributed by atoms with E-state index in [1.165, 1.54) is 11.3 Å². The molecule has 8 nitrogen and oxygen atoms in total. The molecule has 4 rings (SSSR count). The molecule has 0 aliphatic carbocycles. The zero-order chi connectivity index (χ0) is 20.4. The van der Waals surface area contributed by atoms with Gasteiger partial charge in [0.15, 0.2) is 0 Å². The van der Waals surface area contributed by atoms with Gasteiger partial charge >= 0.3 is 6.09 Å². The molecule has 29 heavy (non-hydrogen) atoms. The number of ether oxygens (including phenoxy) is 1. The quantitative estimate of drug-likeness (QED) is 0.784. The van der Waals surface area contributed by atoms with Crippen LogP contribution in [-0.2, 0) is 4.74 Å². The van der Waals surface area contributed by atoms with Gasteiger partial charge in [0, 0.05) is 12.7 Å². The van der Waals surface area contributed by atoms with Crippen LogP contribution in [0, 0.1) is 0 Å². The average molecular weight is 434 g/mol. The van der Waals surface area contributed by atoms with Crippen molar-refractivity contribution < 1.29 is 14.3 Å². The predicted octanol–water partition coefficient (Wildman–Crippen LogP) is 2.85. The van der Waals surface area contributed by atoms with Gasteiger partial charge in [0.05, 0.1) is 41.1 Å². The van der Waals surface area contributed by atoms with E-state index >= 15 is 0 Å². The number of benzene rings is 1. The van der Waals surface area contributed by atoms with Crippen molar-refractivity contribution in [1.82, 2.24) is 10.3 Å². The first-order valence-corrected chi connectivity index (χ1v) is 10.3. The number of nitrogens with zero attached hydrogens (tertiary/aromatic N) is 4. The highest BCUT2D eigenvalue weighted by Gasteiger charge is 2.32. The molecule has 0 radical (unpaired) electrons. The van der Waals surface area contributed by atoms with Gasteiger partial charge in [0.2, 0.25) is 0 Å². The second kappa shape index (κ2) is 8.30. The molecule has 1 aromatic heterocycles. The molecule has 2 aliphatic rings. The highest BCUT2D eigenvalue weighted by molar-refractivity contribution is 7.18. The first-order chi connectivity index (χ1) is 14.0. The number of aliphatic imine (C=N–C) groups is 1. The van der Waals surface area contributed by atoms with E-state index in [0.29, 0.717) is 15.8 Å². The van der Waals surface area contributed by atoms with Crippen molar-refractivity contribution in [1.29, 1.82) is 0 Å². The molecule has 2 amide bonds. The third-order valence-electron chi connectivity index (χ3n) is 4.69. The van der Waals surface area contributed by atoms with Crippen molar-refractivity contribution in [2.75, 3.05) is 43.1 Å². The van der Waals surface area contributed by atoms with Crippen LogP contribution in [0.1, 0.15) is 9.67 Å². The first kappa shape index (κ1) is 19.5. The monoisotopic (exact) mass is 433 g/mol. The Balaban J connectivity index is 1.35. The Hall–Kier alpha value is -2.78. The number of rotatable bonds is 5. The number of hydrogen-bond acceptors (Lipinski definition) is 7. The summed E-state index contributed by atoms with van der Waals surface area (Å²) in [5, 5.41) is 6.83. The minimum Gasteiger partial charge on any atom is -0.442 e. The summed E-state index contributed by atoms with van der Waals surface area (Å²) in [4.78, 5) is 30.7. The summed E-state index contributed by atoms with van der Waals surface area (Å²) in [6.07, 6.45) is 0.961. The van der Waals surface area contributed by atoms with Gasteiger partial charge < -0.3 is 10.1 Å². The van der Waals surface area contributed by atoms with Crippen LogP contribution >= 0.6 is 22.9 Å². The van der Waals surface area contributed by atoms with Crippen LogP contribution in [0.2, 0.25) is 4.34 Å². The second-order valence-electron chi connectivity index (χ2n) is 6.67. The molecule has 10 heteroatoms. The topological polar surface area (TPSA) is 77.5 Å². The Morgan fingerprint density at radius 2 is 2.03 bits per heavy atom. The smallest absolute Gasteiger partial charge is 0.414 e. The summed E-state index contributed by atoms with van der Waals surface area (Å²) in [5.74, 6) is -0.227. The molecule has 0 bridgehead atoms. The van der Waals surface area contributed by atoms with E-state index in [0.717, 1.165) is 24.5 Å². The predicted molar refractivity (Wildman–Crippen MR) is 114 cm³/mol. The molecular formula is C19H20ClN5O3S. The van der Waals surface area contributed by atoms with Crippen molar-refractivity contribution >= 4 is 52.7 Å². The summed E-state index contributed by atoms with van der Waals surface area (Å²) >= 11 is 7.07. The SMILES string of the molecule is CN1C=NCCN1c1ccc(N2C[C@H](CNC(=O)c3ccc(Cl)s3)OC2=O)cc1. The van der Waals surface area contributed by atoms with Crippen molar-refractivity contribution in [3.8, 4) is 0 Å². The summed E-state index contributed by atoms with van der Waals surface area (Å²) in [7, 11) is 1.94. The lowest BCUT2D eigenvalue weighted by molar-refractivity contribution is 0.0920. The summed E-state index contributed by atoms with van der Waals surface area (Å²) in [6.45, 7) is 2.16. The van der Waals surface area contributed by atoms with Gasteiger partial charge in [-0.15, -0.1) is 11.3 Å². The fourth-order valence-corrected chi connectivity index (χ4v) is 4.19. The molecule has 2 aromatic rings. The van der Waals surface area contributed by atoms with Crippen LogP contribution in [-0.4, -0.2) is 62.7 Å². The number of anilines is 2. The number of carbonyl (C=O) groups is 2. The number of carbonyl (C=O) groups excluding carboxylic acids is 2. The Kier molecular flexibility index (Phi) is 5.59. The maximum atomic E-state index is 12.3. The zero-order valence-electron chi connectivity index (χ0n) is 15.7. The number of cyclic esters (lactones) is 1. The lowest BCUT2D eigenvalue weighted by atomic mass is 10.2. The van der Waals surface area contributed by atoms with Gasteiger partial charge in [-0.3, -0.25) is 24.7 Å². The molecule has 1 atom stereocenters. The number of hydrogen-bond donors (Lipinski definition) is 1. The normalized spacial score (nSPS) is 18.9. The van der Waals surface area contributed by atoms with Crippen LogP contribution in [0.4, 0.5) is 16.2 Å². The third-order valence-corrected chi connectivity index (χ3v) is 5.92. The molecule has 1 saturated heterocycles. The Labute approximate surface area is 177 Å². The molecule has 1 aromatic carbocycles. The largest absolute Gasteiger partial charge is 0.442 e. The van der Waals surface area contributed by atoms with Gasteiger partial charge in [-0.1, -0.05) is 11.6 Å². The van der Waals surface area contributed by atoms with Crippen LogP contribution in [0.3, 0.4) is 0 Å². The number of nitrogens with one attached hydrogen (secondary N) is 1. The number of halogens is 1. The van der Waals surface area contributed by atoms with Crippen molar-refractivity contribution in [3.05, 3.63) is 45.6 Å². The van der Waals surface area contributed by atoms with Gasteiger partial charge in [0.1, 0.15) is 12.4 Å². The van der Waals surface area contributed by atoms with E-state index < -0.39 is 12.2 Å². The number of amides is 2.